The number of amides is 1. The van der Waals surface area contributed by atoms with Crippen molar-refractivity contribution in [2.45, 2.75) is 6.92 Å². The molecule has 1 saturated heterocycles. The second kappa shape index (κ2) is 7.40. The van der Waals surface area contributed by atoms with E-state index in [2.05, 4.69) is 11.6 Å². The first-order chi connectivity index (χ1) is 12.1. The van der Waals surface area contributed by atoms with Crippen LogP contribution in [0.2, 0.25) is 0 Å². The van der Waals surface area contributed by atoms with Gasteiger partial charge < -0.3 is 5.11 Å². The molecule has 5 heteroatoms. The highest BCUT2D eigenvalue weighted by Gasteiger charge is 2.32. The van der Waals surface area contributed by atoms with Gasteiger partial charge in [-0.1, -0.05) is 30.3 Å². The van der Waals surface area contributed by atoms with Gasteiger partial charge in [0.15, 0.2) is 5.17 Å². The fraction of sp³-hybridized carbons (Fsp3) is 0.100. The predicted octanol–water partition coefficient (Wildman–Crippen LogP) is 4.49. The average Bonchev–Trinajstić information content (AvgIpc) is 2.88. The number of carbonyl (C=O) groups excluding carboxylic acids is 1. The molecule has 1 aliphatic rings. The smallest absolute Gasteiger partial charge is 0.267 e. The van der Waals surface area contributed by atoms with E-state index in [-0.39, 0.29) is 11.7 Å². The van der Waals surface area contributed by atoms with Crippen molar-refractivity contribution in [3.63, 3.8) is 0 Å². The fourth-order valence-electron chi connectivity index (χ4n) is 2.41. The molecule has 0 atom stereocenters. The molecule has 1 N–H and O–H groups in total. The maximum Gasteiger partial charge on any atom is 0.267 e. The first-order valence-corrected chi connectivity index (χ1v) is 8.66. The average molecular weight is 350 g/mol. The quantitative estimate of drug-likeness (QED) is 0.653. The minimum Gasteiger partial charge on any atom is -0.508 e. The summed E-state index contributed by atoms with van der Waals surface area (Å²) in [6.45, 7) is 6.14. The summed E-state index contributed by atoms with van der Waals surface area (Å²) in [7, 11) is 0. The molecule has 3 rings (SSSR count). The summed E-state index contributed by atoms with van der Waals surface area (Å²) in [5.41, 5.74) is 2.81. The van der Waals surface area contributed by atoms with Crippen molar-refractivity contribution in [3.8, 4) is 5.75 Å². The Labute approximate surface area is 151 Å². The second-order valence-electron chi connectivity index (χ2n) is 5.58. The third kappa shape index (κ3) is 3.83. The monoisotopic (exact) mass is 350 g/mol. The topological polar surface area (TPSA) is 52.9 Å². The SMILES string of the molecule is C=CCN1C(=O)/C(=C/c2ccccc2C)SC1=Nc1ccc(O)cc1. The van der Waals surface area contributed by atoms with E-state index >= 15 is 0 Å². The van der Waals surface area contributed by atoms with Crippen LogP contribution in [0.4, 0.5) is 5.69 Å². The Balaban J connectivity index is 1.96. The van der Waals surface area contributed by atoms with E-state index in [4.69, 9.17) is 0 Å². The molecule has 0 unspecified atom stereocenters. The van der Waals surface area contributed by atoms with Crippen LogP contribution >= 0.6 is 11.8 Å². The van der Waals surface area contributed by atoms with E-state index in [0.29, 0.717) is 22.3 Å². The molecule has 0 aliphatic carbocycles. The van der Waals surface area contributed by atoms with Crippen LogP contribution in [-0.4, -0.2) is 27.6 Å². The van der Waals surface area contributed by atoms with E-state index in [1.165, 1.54) is 11.8 Å². The van der Waals surface area contributed by atoms with Crippen LogP contribution in [0.15, 0.2) is 71.1 Å². The summed E-state index contributed by atoms with van der Waals surface area (Å²) in [4.78, 5) is 19.5. The number of aromatic hydroxyl groups is 1. The van der Waals surface area contributed by atoms with E-state index in [0.717, 1.165) is 11.1 Å². The molecular formula is C20H18N2O2S. The minimum absolute atomic E-state index is 0.0781. The zero-order chi connectivity index (χ0) is 17.8. The molecule has 0 saturated carbocycles. The molecule has 2 aromatic rings. The number of aliphatic imine (C=N–C) groups is 1. The zero-order valence-corrected chi connectivity index (χ0v) is 14.7. The fourth-order valence-corrected chi connectivity index (χ4v) is 3.41. The Hall–Kier alpha value is -2.79. The van der Waals surface area contributed by atoms with Crippen molar-refractivity contribution >= 4 is 34.6 Å². The number of carbonyl (C=O) groups is 1. The van der Waals surface area contributed by atoms with Gasteiger partial charge in [-0.05, 0) is 60.2 Å². The summed E-state index contributed by atoms with van der Waals surface area (Å²) in [5, 5.41) is 9.99. The molecule has 1 amide bonds. The van der Waals surface area contributed by atoms with E-state index in [1.54, 1.807) is 35.2 Å². The van der Waals surface area contributed by atoms with Crippen LogP contribution in [0, 0.1) is 6.92 Å². The summed E-state index contributed by atoms with van der Waals surface area (Å²) >= 11 is 1.35. The molecular weight excluding hydrogens is 332 g/mol. The highest BCUT2D eigenvalue weighted by Crippen LogP contribution is 2.34. The van der Waals surface area contributed by atoms with Crippen molar-refractivity contribution in [3.05, 3.63) is 77.2 Å². The summed E-state index contributed by atoms with van der Waals surface area (Å²) < 4.78 is 0. The molecule has 25 heavy (non-hydrogen) atoms. The lowest BCUT2D eigenvalue weighted by molar-refractivity contribution is -0.121. The molecule has 126 valence electrons. The number of hydrogen-bond donors (Lipinski definition) is 1. The Morgan fingerprint density at radius 2 is 1.92 bits per heavy atom. The van der Waals surface area contributed by atoms with Gasteiger partial charge in [0, 0.05) is 6.54 Å². The standard InChI is InChI=1S/C20H18N2O2S/c1-3-12-22-19(24)18(13-15-7-5-4-6-14(15)2)25-20(22)21-16-8-10-17(23)11-9-16/h3-11,13,23H,1,12H2,2H3/b18-13-,21-20?. The predicted molar refractivity (Wildman–Crippen MR) is 104 cm³/mol. The van der Waals surface area contributed by atoms with Gasteiger partial charge in [0.1, 0.15) is 5.75 Å². The third-order valence-corrected chi connectivity index (χ3v) is 4.76. The molecule has 1 aliphatic heterocycles. The number of thioether (sulfide) groups is 1. The Bertz CT molecular complexity index is 870. The maximum absolute atomic E-state index is 12.7. The summed E-state index contributed by atoms with van der Waals surface area (Å²) in [6, 6.07) is 14.5. The van der Waals surface area contributed by atoms with Gasteiger partial charge in [-0.15, -0.1) is 6.58 Å². The molecule has 1 heterocycles. The lowest BCUT2D eigenvalue weighted by atomic mass is 10.1. The molecule has 2 aromatic carbocycles. The highest BCUT2D eigenvalue weighted by molar-refractivity contribution is 8.18. The van der Waals surface area contributed by atoms with Crippen LogP contribution in [0.5, 0.6) is 5.75 Å². The maximum atomic E-state index is 12.7. The Morgan fingerprint density at radius 3 is 2.60 bits per heavy atom. The van der Waals surface area contributed by atoms with E-state index in [9.17, 15) is 9.90 Å². The lowest BCUT2D eigenvalue weighted by Crippen LogP contribution is -2.29. The lowest BCUT2D eigenvalue weighted by Gasteiger charge is -2.12. The zero-order valence-electron chi connectivity index (χ0n) is 13.8. The Kier molecular flexibility index (Phi) is 5.05. The minimum atomic E-state index is -0.0781. The van der Waals surface area contributed by atoms with Gasteiger partial charge >= 0.3 is 0 Å². The summed E-state index contributed by atoms with van der Waals surface area (Å²) in [6.07, 6.45) is 3.58. The number of phenols is 1. The first-order valence-electron chi connectivity index (χ1n) is 7.84. The largest absolute Gasteiger partial charge is 0.508 e. The normalized spacial score (nSPS) is 17.5. The van der Waals surface area contributed by atoms with Crippen LogP contribution in [0.1, 0.15) is 11.1 Å². The van der Waals surface area contributed by atoms with Crippen LogP contribution in [-0.2, 0) is 4.79 Å². The van der Waals surface area contributed by atoms with Crippen molar-refractivity contribution in [1.82, 2.24) is 4.90 Å². The van der Waals surface area contributed by atoms with Crippen molar-refractivity contribution < 1.29 is 9.90 Å². The van der Waals surface area contributed by atoms with Gasteiger partial charge in [0.25, 0.3) is 5.91 Å². The molecule has 4 nitrogen and oxygen atoms in total. The molecule has 0 aromatic heterocycles. The number of benzene rings is 2. The van der Waals surface area contributed by atoms with Crippen molar-refractivity contribution in [2.75, 3.05) is 6.54 Å². The third-order valence-electron chi connectivity index (χ3n) is 3.75. The summed E-state index contributed by atoms with van der Waals surface area (Å²) in [5.74, 6) is 0.105. The first kappa shape index (κ1) is 17.0. The van der Waals surface area contributed by atoms with Gasteiger partial charge in [-0.25, -0.2) is 4.99 Å². The number of aryl methyl sites for hydroxylation is 1. The number of rotatable bonds is 4. The second-order valence-corrected chi connectivity index (χ2v) is 6.59. The van der Waals surface area contributed by atoms with Crippen molar-refractivity contribution in [2.24, 2.45) is 4.99 Å². The van der Waals surface area contributed by atoms with E-state index < -0.39 is 0 Å². The van der Waals surface area contributed by atoms with Crippen LogP contribution < -0.4 is 0 Å². The van der Waals surface area contributed by atoms with Gasteiger partial charge in [-0.2, -0.15) is 0 Å². The number of amidine groups is 1. The molecule has 0 bridgehead atoms. The van der Waals surface area contributed by atoms with Gasteiger partial charge in [-0.3, -0.25) is 9.69 Å². The number of phenolic OH excluding ortho intramolecular Hbond substituents is 1. The number of hydrogen-bond acceptors (Lipinski definition) is 4. The molecule has 0 radical (unpaired) electrons. The van der Waals surface area contributed by atoms with Gasteiger partial charge in [0.05, 0.1) is 10.6 Å². The molecule has 1 fully saturated rings. The highest BCUT2D eigenvalue weighted by atomic mass is 32.2. The van der Waals surface area contributed by atoms with Gasteiger partial charge in [0.2, 0.25) is 0 Å². The van der Waals surface area contributed by atoms with Crippen molar-refractivity contribution in [1.29, 1.82) is 0 Å². The van der Waals surface area contributed by atoms with E-state index in [1.807, 2.05) is 37.3 Å². The van der Waals surface area contributed by atoms with Crippen LogP contribution in [0.3, 0.4) is 0 Å². The molecule has 0 spiro atoms. The number of nitrogens with zero attached hydrogens (tertiary/aromatic N) is 2. The Morgan fingerprint density at radius 1 is 1.20 bits per heavy atom. The van der Waals surface area contributed by atoms with Crippen LogP contribution in [0.25, 0.3) is 6.08 Å².